The van der Waals surface area contributed by atoms with E-state index in [-0.39, 0.29) is 12.2 Å². The van der Waals surface area contributed by atoms with Gasteiger partial charge >= 0.3 is 0 Å². The average molecular weight is 340 g/mol. The van der Waals surface area contributed by atoms with Gasteiger partial charge in [-0.3, -0.25) is 0 Å². The van der Waals surface area contributed by atoms with Crippen molar-refractivity contribution in [3.63, 3.8) is 0 Å². The van der Waals surface area contributed by atoms with Crippen LogP contribution in [0, 0.1) is 0 Å². The zero-order valence-electron chi connectivity index (χ0n) is 15.7. The van der Waals surface area contributed by atoms with Crippen molar-refractivity contribution in [2.45, 2.75) is 26.1 Å². The van der Waals surface area contributed by atoms with Crippen LogP contribution in [0.2, 0.25) is 0 Å². The van der Waals surface area contributed by atoms with Gasteiger partial charge in [-0.25, -0.2) is 0 Å². The molecule has 0 saturated heterocycles. The summed E-state index contributed by atoms with van der Waals surface area (Å²) in [6.07, 6.45) is 0.312. The molecule has 0 heterocycles. The molecule has 0 spiro atoms. The van der Waals surface area contributed by atoms with Crippen LogP contribution >= 0.6 is 0 Å². The highest BCUT2D eigenvalue weighted by Gasteiger charge is 2.04. The van der Waals surface area contributed by atoms with Gasteiger partial charge in [0.25, 0.3) is 0 Å². The van der Waals surface area contributed by atoms with Crippen LogP contribution in [0.25, 0.3) is 0 Å². The Morgan fingerprint density at radius 3 is 1.43 bits per heavy atom. The van der Waals surface area contributed by atoms with Gasteiger partial charge in [-0.15, -0.1) is 0 Å². The van der Waals surface area contributed by atoms with E-state index in [0.717, 1.165) is 0 Å². The maximum Gasteiger partial charge on any atom is 0.0781 e. The Bertz CT molecular complexity index is 195. The molecule has 7 heteroatoms. The molecule has 2 unspecified atom stereocenters. The molecule has 7 nitrogen and oxygen atoms in total. The van der Waals surface area contributed by atoms with Crippen LogP contribution < -0.4 is 0 Å². The molecule has 0 amide bonds. The zero-order valence-corrected chi connectivity index (χ0v) is 15.7. The van der Waals surface area contributed by atoms with E-state index in [0.29, 0.717) is 52.9 Å². The van der Waals surface area contributed by atoms with Gasteiger partial charge in [0.1, 0.15) is 0 Å². The molecule has 0 aliphatic carbocycles. The highest BCUT2D eigenvalue weighted by molar-refractivity contribution is 4.50. The van der Waals surface area contributed by atoms with Crippen LogP contribution in [0.4, 0.5) is 0 Å². The maximum atomic E-state index is 5.39. The first kappa shape index (κ1) is 25.0. The highest BCUT2D eigenvalue weighted by Crippen LogP contribution is 1.95. The van der Waals surface area contributed by atoms with Crippen LogP contribution in [-0.2, 0) is 33.2 Å². The summed E-state index contributed by atoms with van der Waals surface area (Å²) in [5.74, 6) is 0. The van der Waals surface area contributed by atoms with Gasteiger partial charge in [0, 0.05) is 28.4 Å². The molecule has 2 atom stereocenters. The molecule has 0 aromatic heterocycles. The zero-order chi connectivity index (χ0) is 17.8. The smallest absolute Gasteiger partial charge is 0.0781 e. The van der Waals surface area contributed by atoms with E-state index in [1.54, 1.807) is 28.4 Å². The summed E-state index contributed by atoms with van der Waals surface area (Å²) in [4.78, 5) is 0. The summed E-state index contributed by atoms with van der Waals surface area (Å²) in [6.45, 7) is 8.98. The normalized spacial score (nSPS) is 13.3. The monoisotopic (exact) mass is 340 g/mol. The number of hydrogen-bond donors (Lipinski definition) is 0. The Labute approximate surface area is 141 Å². The summed E-state index contributed by atoms with van der Waals surface area (Å²) in [6, 6.07) is 0. The average Bonchev–Trinajstić information content (AvgIpc) is 2.56. The lowest BCUT2D eigenvalue weighted by molar-refractivity contribution is -0.0386. The van der Waals surface area contributed by atoms with Crippen LogP contribution in [0.3, 0.4) is 0 Å². The quantitative estimate of drug-likeness (QED) is 0.417. The first-order valence-electron chi connectivity index (χ1n) is 7.88. The number of methoxy groups -OCH3 is 4. The molecule has 0 N–H and O–H groups in total. The van der Waals surface area contributed by atoms with E-state index in [1.165, 1.54) is 0 Å². The minimum atomic E-state index is 0.151. The standard InChI is InChI=1S/C8H18O4.C8H18O3/c1-9-3-5-11-7-8-12-6-4-10-2;1-7(10-4)6-11-8(2)5-9-3/h3-8H2,1-2H3;7-8H,5-6H2,1-4H3. The molecule has 0 radical (unpaired) electrons. The summed E-state index contributed by atoms with van der Waals surface area (Å²) in [5.41, 5.74) is 0. The van der Waals surface area contributed by atoms with Crippen molar-refractivity contribution in [3.8, 4) is 0 Å². The van der Waals surface area contributed by atoms with Crippen molar-refractivity contribution in [1.29, 1.82) is 0 Å². The third kappa shape index (κ3) is 24.1. The van der Waals surface area contributed by atoms with Gasteiger partial charge in [0.15, 0.2) is 0 Å². The predicted molar refractivity (Wildman–Crippen MR) is 89.2 cm³/mol. The van der Waals surface area contributed by atoms with E-state index < -0.39 is 0 Å². The summed E-state index contributed by atoms with van der Waals surface area (Å²) >= 11 is 0. The molecule has 0 aliphatic rings. The summed E-state index contributed by atoms with van der Waals surface area (Å²) in [5, 5.41) is 0. The van der Waals surface area contributed by atoms with Gasteiger partial charge in [0.2, 0.25) is 0 Å². The molecule has 23 heavy (non-hydrogen) atoms. The molecule has 142 valence electrons. The van der Waals surface area contributed by atoms with Crippen LogP contribution in [0.15, 0.2) is 0 Å². The maximum absolute atomic E-state index is 5.39. The van der Waals surface area contributed by atoms with Crippen LogP contribution in [-0.4, -0.2) is 93.5 Å². The second-order valence-electron chi connectivity index (χ2n) is 4.86. The molecular formula is C16H36O7. The van der Waals surface area contributed by atoms with Crippen molar-refractivity contribution in [1.82, 2.24) is 0 Å². The summed E-state index contributed by atoms with van der Waals surface area (Å²) < 4.78 is 35.2. The minimum Gasteiger partial charge on any atom is -0.382 e. The Hall–Kier alpha value is -0.280. The van der Waals surface area contributed by atoms with Crippen LogP contribution in [0.5, 0.6) is 0 Å². The molecule has 0 bridgehead atoms. The van der Waals surface area contributed by atoms with E-state index >= 15 is 0 Å². The van der Waals surface area contributed by atoms with Crippen molar-refractivity contribution in [2.24, 2.45) is 0 Å². The molecule has 0 aromatic rings. The molecular weight excluding hydrogens is 304 g/mol. The third-order valence-electron chi connectivity index (χ3n) is 2.65. The van der Waals surface area contributed by atoms with Crippen molar-refractivity contribution in [3.05, 3.63) is 0 Å². The SMILES string of the molecule is COCC(C)OCC(C)OC.COCCOCCOCCOC. The largest absolute Gasteiger partial charge is 0.382 e. The van der Waals surface area contributed by atoms with Gasteiger partial charge < -0.3 is 33.2 Å². The molecule has 0 aliphatic heterocycles. The van der Waals surface area contributed by atoms with Gasteiger partial charge in [0.05, 0.1) is 65.1 Å². The lowest BCUT2D eigenvalue weighted by Gasteiger charge is -2.14. The molecule has 0 aromatic carbocycles. The van der Waals surface area contributed by atoms with Gasteiger partial charge in [-0.2, -0.15) is 0 Å². The Kier molecular flexibility index (Phi) is 23.6. The number of rotatable bonds is 15. The predicted octanol–water partition coefficient (Wildman–Crippen LogP) is 1.39. The number of ether oxygens (including phenoxy) is 7. The van der Waals surface area contributed by atoms with Gasteiger partial charge in [-0.1, -0.05) is 0 Å². The van der Waals surface area contributed by atoms with Gasteiger partial charge in [-0.05, 0) is 13.8 Å². The fourth-order valence-corrected chi connectivity index (χ4v) is 1.26. The van der Waals surface area contributed by atoms with Crippen LogP contribution in [0.1, 0.15) is 13.8 Å². The first-order valence-corrected chi connectivity index (χ1v) is 7.88. The Morgan fingerprint density at radius 2 is 1.04 bits per heavy atom. The third-order valence-corrected chi connectivity index (χ3v) is 2.65. The van der Waals surface area contributed by atoms with Crippen molar-refractivity contribution in [2.75, 3.05) is 81.3 Å². The number of hydrogen-bond acceptors (Lipinski definition) is 7. The fraction of sp³-hybridized carbons (Fsp3) is 1.00. The lowest BCUT2D eigenvalue weighted by atomic mass is 10.4. The second kappa shape index (κ2) is 21.7. The minimum absolute atomic E-state index is 0.151. The molecule has 0 saturated carbocycles. The Morgan fingerprint density at radius 1 is 0.565 bits per heavy atom. The van der Waals surface area contributed by atoms with Crippen molar-refractivity contribution >= 4 is 0 Å². The summed E-state index contributed by atoms with van der Waals surface area (Å²) in [7, 11) is 6.64. The van der Waals surface area contributed by atoms with E-state index in [2.05, 4.69) is 0 Å². The first-order chi connectivity index (χ1) is 11.1. The lowest BCUT2D eigenvalue weighted by Crippen LogP contribution is -2.21. The fourth-order valence-electron chi connectivity index (χ4n) is 1.26. The van der Waals surface area contributed by atoms with E-state index in [4.69, 9.17) is 33.2 Å². The topological polar surface area (TPSA) is 64.6 Å². The highest BCUT2D eigenvalue weighted by atomic mass is 16.6. The van der Waals surface area contributed by atoms with Crippen molar-refractivity contribution < 1.29 is 33.2 Å². The molecule has 0 rings (SSSR count). The van der Waals surface area contributed by atoms with E-state index in [9.17, 15) is 0 Å². The molecule has 0 fully saturated rings. The van der Waals surface area contributed by atoms with E-state index in [1.807, 2.05) is 13.8 Å². The Balaban J connectivity index is 0. The second-order valence-corrected chi connectivity index (χ2v) is 4.86.